The lowest BCUT2D eigenvalue weighted by molar-refractivity contribution is -0.128. The third kappa shape index (κ3) is 5.16. The first-order chi connectivity index (χ1) is 12.8. The van der Waals surface area contributed by atoms with E-state index in [1.807, 2.05) is 0 Å². The van der Waals surface area contributed by atoms with Gasteiger partial charge < -0.3 is 19.7 Å². The summed E-state index contributed by atoms with van der Waals surface area (Å²) >= 11 is 0. The molecule has 1 N–H and O–H groups in total. The summed E-state index contributed by atoms with van der Waals surface area (Å²) in [6, 6.07) is 5.88. The fourth-order valence-corrected chi connectivity index (χ4v) is 3.46. The van der Waals surface area contributed by atoms with Crippen molar-refractivity contribution in [2.45, 2.75) is 44.2 Å². The third-order valence-corrected chi connectivity index (χ3v) is 4.88. The van der Waals surface area contributed by atoms with Gasteiger partial charge in [0, 0.05) is 31.9 Å². The Labute approximate surface area is 154 Å². The largest absolute Gasteiger partial charge is 0.376 e. The third-order valence-electron chi connectivity index (χ3n) is 4.88. The van der Waals surface area contributed by atoms with E-state index in [0.29, 0.717) is 12.2 Å². The minimum atomic E-state index is -0.0743. The molecule has 3 heterocycles. The van der Waals surface area contributed by atoms with Gasteiger partial charge in [-0.05, 0) is 44.2 Å². The summed E-state index contributed by atoms with van der Waals surface area (Å²) in [5, 5.41) is 12.2. The first kappa shape index (κ1) is 18.6. The van der Waals surface area contributed by atoms with Crippen LogP contribution in [-0.2, 0) is 14.3 Å². The predicted octanol–water partition coefficient (Wildman–Crippen LogP) is 1.62. The zero-order valence-electron chi connectivity index (χ0n) is 15.0. The zero-order valence-corrected chi connectivity index (χ0v) is 15.0. The minimum absolute atomic E-state index is 0.0743. The fraction of sp³-hybridized carbons (Fsp3) is 0.632. The zero-order chi connectivity index (χ0) is 18.2. The number of nitrogens with zero attached hydrogens (tertiary/aromatic N) is 3. The van der Waals surface area contributed by atoms with Crippen LogP contribution in [0.15, 0.2) is 18.3 Å². The lowest BCUT2D eigenvalue weighted by Crippen LogP contribution is -2.46. The van der Waals surface area contributed by atoms with Gasteiger partial charge in [-0.3, -0.25) is 4.79 Å². The van der Waals surface area contributed by atoms with Crippen molar-refractivity contribution < 1.29 is 14.3 Å². The van der Waals surface area contributed by atoms with E-state index in [-0.39, 0.29) is 24.7 Å². The molecule has 1 aromatic rings. The molecule has 2 aliphatic heterocycles. The maximum Gasteiger partial charge on any atom is 0.246 e. The monoisotopic (exact) mass is 358 g/mol. The van der Waals surface area contributed by atoms with Gasteiger partial charge in [0.25, 0.3) is 0 Å². The molecule has 0 radical (unpaired) electrons. The summed E-state index contributed by atoms with van der Waals surface area (Å²) in [7, 11) is 0. The Bertz CT molecular complexity index is 632. The van der Waals surface area contributed by atoms with Crippen molar-refractivity contribution in [1.29, 1.82) is 5.26 Å². The Morgan fingerprint density at radius 2 is 2.23 bits per heavy atom. The van der Waals surface area contributed by atoms with Crippen LogP contribution >= 0.6 is 0 Å². The molecule has 2 saturated heterocycles. The molecule has 26 heavy (non-hydrogen) atoms. The number of piperidine rings is 1. The number of aromatic nitrogens is 1. The molecule has 1 aromatic heterocycles. The highest BCUT2D eigenvalue weighted by molar-refractivity contribution is 5.77. The number of nitrogens with one attached hydrogen (secondary N) is 1. The van der Waals surface area contributed by atoms with Gasteiger partial charge in [-0.2, -0.15) is 5.26 Å². The molecule has 0 aliphatic carbocycles. The summed E-state index contributed by atoms with van der Waals surface area (Å²) in [4.78, 5) is 18.5. The molecular weight excluding hydrogens is 332 g/mol. The Balaban J connectivity index is 1.37. The summed E-state index contributed by atoms with van der Waals surface area (Å²) in [6.07, 6.45) is 6.80. The van der Waals surface area contributed by atoms with Crippen LogP contribution in [0.3, 0.4) is 0 Å². The second kappa shape index (κ2) is 9.51. The molecule has 140 valence electrons. The summed E-state index contributed by atoms with van der Waals surface area (Å²) in [5.41, 5.74) is 0.591. The molecule has 2 fully saturated rings. The Morgan fingerprint density at radius 3 is 2.96 bits per heavy atom. The topological polar surface area (TPSA) is 87.5 Å². The normalized spacial score (nSPS) is 21.2. The molecule has 1 atom stereocenters. The number of hydrogen-bond donors (Lipinski definition) is 1. The van der Waals surface area contributed by atoms with E-state index in [9.17, 15) is 10.1 Å². The number of pyridine rings is 1. The molecule has 0 saturated carbocycles. The standard InChI is InChI=1S/C19H26N4O3/c20-12-15-4-3-8-21-19(15)23-9-6-16(7-10-23)22-18(24)14-25-13-17-5-1-2-11-26-17/h3-4,8,16-17H,1-2,5-7,9-11,13-14H2,(H,22,24). The van der Waals surface area contributed by atoms with Crippen molar-refractivity contribution in [1.82, 2.24) is 10.3 Å². The highest BCUT2D eigenvalue weighted by Gasteiger charge is 2.23. The van der Waals surface area contributed by atoms with Crippen molar-refractivity contribution in [3.05, 3.63) is 23.9 Å². The van der Waals surface area contributed by atoms with Crippen LogP contribution < -0.4 is 10.2 Å². The Kier molecular flexibility index (Phi) is 6.81. The molecular formula is C19H26N4O3. The van der Waals surface area contributed by atoms with Gasteiger partial charge in [-0.25, -0.2) is 4.98 Å². The summed E-state index contributed by atoms with van der Waals surface area (Å²) in [5.74, 6) is 0.658. The van der Waals surface area contributed by atoms with Crippen LogP contribution in [0.4, 0.5) is 5.82 Å². The number of amides is 1. The lowest BCUT2D eigenvalue weighted by atomic mass is 10.0. The van der Waals surface area contributed by atoms with E-state index >= 15 is 0 Å². The van der Waals surface area contributed by atoms with Crippen molar-refractivity contribution >= 4 is 11.7 Å². The molecule has 3 rings (SSSR count). The van der Waals surface area contributed by atoms with Crippen molar-refractivity contribution in [2.75, 3.05) is 37.8 Å². The van der Waals surface area contributed by atoms with E-state index in [0.717, 1.165) is 51.2 Å². The average Bonchev–Trinajstić information content (AvgIpc) is 2.69. The van der Waals surface area contributed by atoms with Crippen molar-refractivity contribution in [2.24, 2.45) is 0 Å². The highest BCUT2D eigenvalue weighted by atomic mass is 16.5. The second-order valence-electron chi connectivity index (χ2n) is 6.82. The first-order valence-electron chi connectivity index (χ1n) is 9.35. The minimum Gasteiger partial charge on any atom is -0.376 e. The van der Waals surface area contributed by atoms with Gasteiger partial charge in [0.15, 0.2) is 0 Å². The van der Waals surface area contributed by atoms with Crippen LogP contribution in [0, 0.1) is 11.3 Å². The number of carbonyl (C=O) groups is 1. The molecule has 1 amide bonds. The average molecular weight is 358 g/mol. The van der Waals surface area contributed by atoms with Gasteiger partial charge in [-0.15, -0.1) is 0 Å². The molecule has 2 aliphatic rings. The van der Waals surface area contributed by atoms with Crippen molar-refractivity contribution in [3.8, 4) is 6.07 Å². The number of rotatable bonds is 6. The number of nitriles is 1. The van der Waals surface area contributed by atoms with Crippen LogP contribution in [0.5, 0.6) is 0 Å². The van der Waals surface area contributed by atoms with E-state index < -0.39 is 0 Å². The predicted molar refractivity (Wildman–Crippen MR) is 96.7 cm³/mol. The second-order valence-corrected chi connectivity index (χ2v) is 6.82. The molecule has 1 unspecified atom stereocenters. The van der Waals surface area contributed by atoms with Gasteiger partial charge in [0.2, 0.25) is 5.91 Å². The van der Waals surface area contributed by atoms with Gasteiger partial charge in [-0.1, -0.05) is 0 Å². The van der Waals surface area contributed by atoms with Gasteiger partial charge in [0.05, 0.1) is 18.3 Å². The Morgan fingerprint density at radius 1 is 1.38 bits per heavy atom. The summed E-state index contributed by atoms with van der Waals surface area (Å²) < 4.78 is 11.1. The van der Waals surface area contributed by atoms with E-state index in [2.05, 4.69) is 21.3 Å². The van der Waals surface area contributed by atoms with Crippen LogP contribution in [0.2, 0.25) is 0 Å². The molecule has 7 heteroatoms. The van der Waals surface area contributed by atoms with Gasteiger partial charge in [0.1, 0.15) is 18.5 Å². The van der Waals surface area contributed by atoms with Crippen LogP contribution in [0.25, 0.3) is 0 Å². The van der Waals surface area contributed by atoms with E-state index in [1.165, 1.54) is 6.42 Å². The highest BCUT2D eigenvalue weighted by Crippen LogP contribution is 2.21. The lowest BCUT2D eigenvalue weighted by Gasteiger charge is -2.33. The SMILES string of the molecule is N#Cc1cccnc1N1CCC(NC(=O)COCC2CCCCO2)CC1. The molecule has 7 nitrogen and oxygen atoms in total. The van der Waals surface area contributed by atoms with Crippen molar-refractivity contribution in [3.63, 3.8) is 0 Å². The van der Waals surface area contributed by atoms with Gasteiger partial charge >= 0.3 is 0 Å². The Hall–Kier alpha value is -2.17. The maximum absolute atomic E-state index is 12.1. The van der Waals surface area contributed by atoms with Crippen LogP contribution in [0.1, 0.15) is 37.7 Å². The quantitative estimate of drug-likeness (QED) is 0.831. The molecule has 0 aromatic carbocycles. The fourth-order valence-electron chi connectivity index (χ4n) is 3.46. The number of ether oxygens (including phenoxy) is 2. The molecule has 0 spiro atoms. The smallest absolute Gasteiger partial charge is 0.246 e. The molecule has 0 bridgehead atoms. The number of anilines is 1. The van der Waals surface area contributed by atoms with E-state index in [4.69, 9.17) is 9.47 Å². The number of hydrogen-bond acceptors (Lipinski definition) is 6. The maximum atomic E-state index is 12.1. The van der Waals surface area contributed by atoms with Crippen LogP contribution in [-0.4, -0.2) is 55.9 Å². The number of carbonyl (C=O) groups excluding carboxylic acids is 1. The first-order valence-corrected chi connectivity index (χ1v) is 9.35. The van der Waals surface area contributed by atoms with E-state index in [1.54, 1.807) is 18.3 Å². The summed E-state index contributed by atoms with van der Waals surface area (Å²) in [6.45, 7) is 2.91.